The smallest absolute Gasteiger partial charge is 0.221 e. The van der Waals surface area contributed by atoms with Gasteiger partial charge in [0.05, 0.1) is 5.69 Å². The zero-order valence-electron chi connectivity index (χ0n) is 7.00. The lowest BCUT2D eigenvalue weighted by Crippen LogP contribution is -2.06. The van der Waals surface area contributed by atoms with E-state index in [2.05, 4.69) is 10.3 Å². The van der Waals surface area contributed by atoms with Crippen molar-refractivity contribution in [2.45, 2.75) is 11.9 Å². The van der Waals surface area contributed by atoms with Gasteiger partial charge in [-0.05, 0) is 18.4 Å². The zero-order chi connectivity index (χ0) is 8.97. The van der Waals surface area contributed by atoms with E-state index in [4.69, 9.17) is 0 Å². The van der Waals surface area contributed by atoms with Gasteiger partial charge in [0.1, 0.15) is 5.03 Å². The third-order valence-corrected chi connectivity index (χ3v) is 1.99. The largest absolute Gasteiger partial charge is 0.324 e. The lowest BCUT2D eigenvalue weighted by Gasteiger charge is -2.04. The van der Waals surface area contributed by atoms with Crippen molar-refractivity contribution in [1.29, 1.82) is 0 Å². The molecule has 0 bridgehead atoms. The molecule has 0 fully saturated rings. The average Bonchev–Trinajstić information content (AvgIpc) is 2.04. The average molecular weight is 182 g/mol. The maximum Gasteiger partial charge on any atom is 0.221 e. The molecular weight excluding hydrogens is 172 g/mol. The van der Waals surface area contributed by atoms with Crippen LogP contribution in [0.4, 0.5) is 5.69 Å². The molecule has 4 heteroatoms. The fourth-order valence-electron chi connectivity index (χ4n) is 0.838. The summed E-state index contributed by atoms with van der Waals surface area (Å²) < 4.78 is 0. The molecule has 0 spiro atoms. The number of rotatable bonds is 2. The van der Waals surface area contributed by atoms with Gasteiger partial charge in [-0.2, -0.15) is 0 Å². The number of nitrogens with one attached hydrogen (secondary N) is 1. The van der Waals surface area contributed by atoms with E-state index in [0.717, 1.165) is 10.7 Å². The number of amides is 1. The number of pyridine rings is 1. The van der Waals surface area contributed by atoms with Crippen LogP contribution in [0.2, 0.25) is 0 Å². The zero-order valence-corrected chi connectivity index (χ0v) is 7.81. The second kappa shape index (κ2) is 4.11. The molecule has 0 aliphatic rings. The predicted octanol–water partition coefficient (Wildman–Crippen LogP) is 1.76. The van der Waals surface area contributed by atoms with Gasteiger partial charge in [-0.3, -0.25) is 4.79 Å². The molecule has 0 unspecified atom stereocenters. The summed E-state index contributed by atoms with van der Waals surface area (Å²) in [4.78, 5) is 14.8. The molecule has 0 aliphatic heterocycles. The van der Waals surface area contributed by atoms with Gasteiger partial charge in [0.25, 0.3) is 0 Å². The van der Waals surface area contributed by atoms with Crippen molar-refractivity contribution < 1.29 is 4.79 Å². The van der Waals surface area contributed by atoms with Crippen LogP contribution in [-0.2, 0) is 4.79 Å². The van der Waals surface area contributed by atoms with Gasteiger partial charge in [-0.15, -0.1) is 11.8 Å². The SMILES string of the molecule is CSc1ncccc1NC(C)=O. The van der Waals surface area contributed by atoms with Crippen LogP contribution >= 0.6 is 11.8 Å². The van der Waals surface area contributed by atoms with Gasteiger partial charge in [-0.1, -0.05) is 0 Å². The fourth-order valence-corrected chi connectivity index (χ4v) is 1.34. The molecule has 1 heterocycles. The molecule has 1 aromatic heterocycles. The van der Waals surface area contributed by atoms with E-state index < -0.39 is 0 Å². The molecular formula is C8H10N2OS. The molecule has 0 aromatic carbocycles. The highest BCUT2D eigenvalue weighted by atomic mass is 32.2. The fraction of sp³-hybridized carbons (Fsp3) is 0.250. The van der Waals surface area contributed by atoms with Gasteiger partial charge in [-0.25, -0.2) is 4.98 Å². The van der Waals surface area contributed by atoms with E-state index in [1.54, 1.807) is 12.3 Å². The Morgan fingerprint density at radius 3 is 3.00 bits per heavy atom. The number of anilines is 1. The summed E-state index contributed by atoms with van der Waals surface area (Å²) in [6, 6.07) is 3.63. The molecule has 0 saturated heterocycles. The first-order valence-electron chi connectivity index (χ1n) is 3.50. The van der Waals surface area contributed by atoms with E-state index >= 15 is 0 Å². The van der Waals surface area contributed by atoms with Gasteiger partial charge in [0.2, 0.25) is 5.91 Å². The van der Waals surface area contributed by atoms with E-state index in [9.17, 15) is 4.79 Å². The van der Waals surface area contributed by atoms with Crippen LogP contribution in [0, 0.1) is 0 Å². The van der Waals surface area contributed by atoms with E-state index in [1.807, 2.05) is 12.3 Å². The number of aromatic nitrogens is 1. The maximum atomic E-state index is 10.7. The van der Waals surface area contributed by atoms with Crippen molar-refractivity contribution >= 4 is 23.4 Å². The molecule has 12 heavy (non-hydrogen) atoms. The first kappa shape index (κ1) is 9.06. The summed E-state index contributed by atoms with van der Waals surface area (Å²) >= 11 is 1.51. The van der Waals surface area contributed by atoms with Crippen molar-refractivity contribution in [2.24, 2.45) is 0 Å². The number of thioether (sulfide) groups is 1. The topological polar surface area (TPSA) is 42.0 Å². The quantitative estimate of drug-likeness (QED) is 0.709. The van der Waals surface area contributed by atoms with Crippen molar-refractivity contribution in [2.75, 3.05) is 11.6 Å². The molecule has 1 rings (SSSR count). The number of carbonyl (C=O) groups excluding carboxylic acids is 1. The minimum Gasteiger partial charge on any atom is -0.324 e. The summed E-state index contributed by atoms with van der Waals surface area (Å²) in [6.07, 6.45) is 3.63. The summed E-state index contributed by atoms with van der Waals surface area (Å²) in [7, 11) is 0. The van der Waals surface area contributed by atoms with Gasteiger partial charge < -0.3 is 5.32 Å². The molecule has 0 atom stereocenters. The number of nitrogens with zero attached hydrogens (tertiary/aromatic N) is 1. The number of carbonyl (C=O) groups is 1. The number of hydrogen-bond donors (Lipinski definition) is 1. The minimum atomic E-state index is -0.0710. The van der Waals surface area contributed by atoms with Crippen LogP contribution in [0.15, 0.2) is 23.4 Å². The van der Waals surface area contributed by atoms with Crippen LogP contribution in [0.25, 0.3) is 0 Å². The third-order valence-electron chi connectivity index (χ3n) is 1.28. The van der Waals surface area contributed by atoms with Crippen LogP contribution < -0.4 is 5.32 Å². The Morgan fingerprint density at radius 2 is 2.42 bits per heavy atom. The highest BCUT2D eigenvalue weighted by molar-refractivity contribution is 7.98. The lowest BCUT2D eigenvalue weighted by molar-refractivity contribution is -0.114. The van der Waals surface area contributed by atoms with Crippen molar-refractivity contribution in [3.63, 3.8) is 0 Å². The Labute approximate surface area is 75.6 Å². The molecule has 1 N–H and O–H groups in total. The maximum absolute atomic E-state index is 10.7. The minimum absolute atomic E-state index is 0.0710. The van der Waals surface area contributed by atoms with E-state index in [1.165, 1.54) is 18.7 Å². The molecule has 0 saturated carbocycles. The summed E-state index contributed by atoms with van der Waals surface area (Å²) in [5.74, 6) is -0.0710. The third kappa shape index (κ3) is 2.23. The lowest BCUT2D eigenvalue weighted by atomic mass is 10.4. The Kier molecular flexibility index (Phi) is 3.10. The summed E-state index contributed by atoms with van der Waals surface area (Å²) in [5.41, 5.74) is 0.775. The van der Waals surface area contributed by atoms with Gasteiger partial charge in [0.15, 0.2) is 0 Å². The normalized spacial score (nSPS) is 9.50. The monoisotopic (exact) mass is 182 g/mol. The van der Waals surface area contributed by atoms with Crippen LogP contribution in [0.1, 0.15) is 6.92 Å². The van der Waals surface area contributed by atoms with Gasteiger partial charge in [0, 0.05) is 13.1 Å². The number of hydrogen-bond acceptors (Lipinski definition) is 3. The first-order chi connectivity index (χ1) is 5.74. The Hall–Kier alpha value is -1.03. The standard InChI is InChI=1S/C8H10N2OS/c1-6(11)10-7-4-3-5-9-8(7)12-2/h3-5H,1-2H3,(H,10,11). The molecule has 0 radical (unpaired) electrons. The van der Waals surface area contributed by atoms with Gasteiger partial charge >= 0.3 is 0 Å². The van der Waals surface area contributed by atoms with Crippen LogP contribution in [0.5, 0.6) is 0 Å². The van der Waals surface area contributed by atoms with Crippen LogP contribution in [-0.4, -0.2) is 17.1 Å². The van der Waals surface area contributed by atoms with Crippen molar-refractivity contribution in [3.8, 4) is 0 Å². The Morgan fingerprint density at radius 1 is 1.67 bits per heavy atom. The predicted molar refractivity (Wildman–Crippen MR) is 50.3 cm³/mol. The second-order valence-corrected chi connectivity index (χ2v) is 3.04. The van der Waals surface area contributed by atoms with E-state index in [-0.39, 0.29) is 5.91 Å². The molecule has 0 aliphatic carbocycles. The van der Waals surface area contributed by atoms with Crippen LogP contribution in [0.3, 0.4) is 0 Å². The molecule has 1 amide bonds. The highest BCUT2D eigenvalue weighted by Gasteiger charge is 2.01. The van der Waals surface area contributed by atoms with Crippen molar-refractivity contribution in [1.82, 2.24) is 4.98 Å². The second-order valence-electron chi connectivity index (χ2n) is 2.24. The summed E-state index contributed by atoms with van der Waals surface area (Å²) in [5, 5.41) is 3.54. The Balaban J connectivity index is 2.89. The summed E-state index contributed by atoms with van der Waals surface area (Å²) in [6.45, 7) is 1.48. The van der Waals surface area contributed by atoms with E-state index in [0.29, 0.717) is 0 Å². The Bertz CT molecular complexity index is 288. The van der Waals surface area contributed by atoms with Crippen molar-refractivity contribution in [3.05, 3.63) is 18.3 Å². The first-order valence-corrected chi connectivity index (χ1v) is 4.73. The molecule has 64 valence electrons. The highest BCUT2D eigenvalue weighted by Crippen LogP contribution is 2.21. The molecule has 1 aromatic rings. The molecule has 3 nitrogen and oxygen atoms in total.